The van der Waals surface area contributed by atoms with Gasteiger partial charge in [0.25, 0.3) is 0 Å². The lowest BCUT2D eigenvalue weighted by Crippen LogP contribution is -2.39. The minimum absolute atomic E-state index is 0.246. The van der Waals surface area contributed by atoms with Gasteiger partial charge in [-0.2, -0.15) is 0 Å². The first-order valence-corrected chi connectivity index (χ1v) is 7.52. The SMILES string of the molecule is CCC(N/C(C)=C(C)/C=C(\C)C(C)(C)C)C(C)(C)C. The zero-order valence-corrected chi connectivity index (χ0v) is 14.9. The molecule has 0 aliphatic heterocycles. The molecule has 0 aromatic rings. The minimum atomic E-state index is 0.246. The molecule has 0 rings (SSSR count). The van der Waals surface area contributed by atoms with Gasteiger partial charge in [0.15, 0.2) is 0 Å². The van der Waals surface area contributed by atoms with Gasteiger partial charge in [0.05, 0.1) is 0 Å². The van der Waals surface area contributed by atoms with E-state index in [2.05, 4.69) is 80.6 Å². The van der Waals surface area contributed by atoms with Crippen molar-refractivity contribution in [1.82, 2.24) is 5.32 Å². The van der Waals surface area contributed by atoms with Crippen molar-refractivity contribution in [2.45, 2.75) is 81.7 Å². The third-order valence-corrected chi connectivity index (χ3v) is 4.05. The van der Waals surface area contributed by atoms with Crippen molar-refractivity contribution in [3.63, 3.8) is 0 Å². The van der Waals surface area contributed by atoms with Crippen LogP contribution in [0.2, 0.25) is 0 Å². The molecular formula is C18H35N. The van der Waals surface area contributed by atoms with E-state index >= 15 is 0 Å². The van der Waals surface area contributed by atoms with Crippen molar-refractivity contribution in [3.8, 4) is 0 Å². The minimum Gasteiger partial charge on any atom is -0.385 e. The number of nitrogens with one attached hydrogen (secondary N) is 1. The van der Waals surface area contributed by atoms with E-state index in [9.17, 15) is 0 Å². The van der Waals surface area contributed by atoms with Gasteiger partial charge < -0.3 is 5.32 Å². The highest BCUT2D eigenvalue weighted by molar-refractivity contribution is 5.27. The van der Waals surface area contributed by atoms with Crippen molar-refractivity contribution in [3.05, 3.63) is 22.9 Å². The molecule has 1 N–H and O–H groups in total. The molecule has 0 fully saturated rings. The summed E-state index contributed by atoms with van der Waals surface area (Å²) in [7, 11) is 0. The maximum Gasteiger partial charge on any atom is 0.0304 e. The van der Waals surface area contributed by atoms with Crippen LogP contribution in [-0.4, -0.2) is 6.04 Å². The molecule has 0 aromatic heterocycles. The van der Waals surface area contributed by atoms with Gasteiger partial charge in [0, 0.05) is 11.7 Å². The Kier molecular flexibility index (Phi) is 6.38. The summed E-state index contributed by atoms with van der Waals surface area (Å²) in [6, 6.07) is 0.519. The molecule has 0 aliphatic carbocycles. The molecule has 0 aliphatic rings. The van der Waals surface area contributed by atoms with Crippen LogP contribution in [0.4, 0.5) is 0 Å². The van der Waals surface area contributed by atoms with E-state index in [0.29, 0.717) is 11.5 Å². The summed E-state index contributed by atoms with van der Waals surface area (Å²) in [6.07, 6.45) is 3.47. The average Bonchev–Trinajstić information content (AvgIpc) is 2.22. The van der Waals surface area contributed by atoms with E-state index in [1.807, 2.05) is 0 Å². The Labute approximate surface area is 121 Å². The zero-order chi connectivity index (χ0) is 15.4. The van der Waals surface area contributed by atoms with Crippen LogP contribution >= 0.6 is 0 Å². The highest BCUT2D eigenvalue weighted by Gasteiger charge is 2.22. The first-order chi connectivity index (χ1) is 8.39. The van der Waals surface area contributed by atoms with Gasteiger partial charge in [0.1, 0.15) is 0 Å². The summed E-state index contributed by atoms with van der Waals surface area (Å²) < 4.78 is 0. The fourth-order valence-corrected chi connectivity index (χ4v) is 1.96. The molecule has 0 aromatic carbocycles. The fraction of sp³-hybridized carbons (Fsp3) is 0.778. The Morgan fingerprint density at radius 2 is 1.47 bits per heavy atom. The predicted molar refractivity (Wildman–Crippen MR) is 88.3 cm³/mol. The molecule has 0 bridgehead atoms. The molecule has 1 atom stereocenters. The molecule has 1 nitrogen and oxygen atoms in total. The van der Waals surface area contributed by atoms with Crippen LogP contribution in [0.5, 0.6) is 0 Å². The standard InChI is InChI=1S/C18H35N/c1-11-16(18(8,9)10)19-15(4)13(2)12-14(3)17(5,6)7/h12,16,19H,11H2,1-10H3/b14-12+,15-13+. The highest BCUT2D eigenvalue weighted by Crippen LogP contribution is 2.27. The maximum absolute atomic E-state index is 3.70. The van der Waals surface area contributed by atoms with Crippen LogP contribution in [0.3, 0.4) is 0 Å². The molecule has 0 radical (unpaired) electrons. The molecule has 0 spiro atoms. The smallest absolute Gasteiger partial charge is 0.0304 e. The van der Waals surface area contributed by atoms with Crippen molar-refractivity contribution in [2.75, 3.05) is 0 Å². The molecule has 19 heavy (non-hydrogen) atoms. The van der Waals surface area contributed by atoms with Gasteiger partial charge in [-0.3, -0.25) is 0 Å². The second-order valence-corrected chi connectivity index (χ2v) is 7.86. The van der Waals surface area contributed by atoms with E-state index in [-0.39, 0.29) is 5.41 Å². The second kappa shape index (κ2) is 6.63. The topological polar surface area (TPSA) is 12.0 Å². The Balaban J connectivity index is 5.07. The molecule has 1 heteroatoms. The summed E-state index contributed by atoms with van der Waals surface area (Å²) in [4.78, 5) is 0. The fourth-order valence-electron chi connectivity index (χ4n) is 1.96. The van der Waals surface area contributed by atoms with Gasteiger partial charge in [-0.05, 0) is 43.6 Å². The van der Waals surface area contributed by atoms with Gasteiger partial charge in [-0.25, -0.2) is 0 Å². The molecule has 0 saturated carbocycles. The van der Waals surface area contributed by atoms with E-state index in [0.717, 1.165) is 6.42 Å². The first kappa shape index (κ1) is 18.3. The van der Waals surface area contributed by atoms with Gasteiger partial charge in [0.2, 0.25) is 0 Å². The van der Waals surface area contributed by atoms with Crippen LogP contribution in [0.15, 0.2) is 22.9 Å². The molecule has 0 amide bonds. The van der Waals surface area contributed by atoms with Crippen molar-refractivity contribution < 1.29 is 0 Å². The maximum atomic E-state index is 3.70. The molecule has 0 saturated heterocycles. The van der Waals surface area contributed by atoms with Crippen molar-refractivity contribution in [1.29, 1.82) is 0 Å². The molecule has 0 heterocycles. The number of hydrogen-bond acceptors (Lipinski definition) is 1. The second-order valence-electron chi connectivity index (χ2n) is 7.86. The first-order valence-electron chi connectivity index (χ1n) is 7.52. The Hall–Kier alpha value is -0.720. The van der Waals surface area contributed by atoms with Crippen molar-refractivity contribution >= 4 is 0 Å². The molecule has 112 valence electrons. The summed E-state index contributed by atoms with van der Waals surface area (Å²) in [6.45, 7) is 22.5. The van der Waals surface area contributed by atoms with E-state index < -0.39 is 0 Å². The van der Waals surface area contributed by atoms with Crippen LogP contribution in [-0.2, 0) is 0 Å². The number of allylic oxidation sites excluding steroid dienone is 4. The van der Waals surface area contributed by atoms with E-state index in [1.165, 1.54) is 16.8 Å². The lowest BCUT2D eigenvalue weighted by Gasteiger charge is -2.32. The quantitative estimate of drug-likeness (QED) is 0.644. The van der Waals surface area contributed by atoms with Gasteiger partial charge >= 0.3 is 0 Å². The Morgan fingerprint density at radius 3 is 1.79 bits per heavy atom. The van der Waals surface area contributed by atoms with Crippen LogP contribution < -0.4 is 5.32 Å². The number of rotatable bonds is 4. The molecular weight excluding hydrogens is 230 g/mol. The summed E-state index contributed by atoms with van der Waals surface area (Å²) in [5, 5.41) is 3.70. The van der Waals surface area contributed by atoms with Crippen LogP contribution in [0.25, 0.3) is 0 Å². The predicted octanol–water partition coefficient (Wildman–Crippen LogP) is 5.69. The average molecular weight is 265 g/mol. The summed E-state index contributed by atoms with van der Waals surface area (Å²) >= 11 is 0. The van der Waals surface area contributed by atoms with Crippen molar-refractivity contribution in [2.24, 2.45) is 10.8 Å². The monoisotopic (exact) mass is 265 g/mol. The highest BCUT2D eigenvalue weighted by atomic mass is 14.9. The third kappa shape index (κ3) is 6.31. The van der Waals surface area contributed by atoms with E-state index in [4.69, 9.17) is 0 Å². The Morgan fingerprint density at radius 1 is 1.00 bits per heavy atom. The largest absolute Gasteiger partial charge is 0.385 e. The van der Waals surface area contributed by atoms with Crippen LogP contribution in [0.1, 0.15) is 75.7 Å². The van der Waals surface area contributed by atoms with Crippen LogP contribution in [0, 0.1) is 10.8 Å². The summed E-state index contributed by atoms with van der Waals surface area (Å²) in [5.41, 5.74) is 4.60. The Bertz CT molecular complexity index is 345. The molecule has 1 unspecified atom stereocenters. The van der Waals surface area contributed by atoms with Gasteiger partial charge in [-0.1, -0.05) is 60.1 Å². The lowest BCUT2D eigenvalue weighted by molar-refractivity contribution is 0.276. The summed E-state index contributed by atoms with van der Waals surface area (Å²) in [5.74, 6) is 0. The normalized spacial score (nSPS) is 17.1. The lowest BCUT2D eigenvalue weighted by atomic mass is 9.84. The zero-order valence-electron chi connectivity index (χ0n) is 14.9. The number of hydrogen-bond donors (Lipinski definition) is 1. The van der Waals surface area contributed by atoms with E-state index in [1.54, 1.807) is 0 Å². The van der Waals surface area contributed by atoms with Gasteiger partial charge in [-0.15, -0.1) is 0 Å². The third-order valence-electron chi connectivity index (χ3n) is 4.05.